The van der Waals surface area contributed by atoms with Crippen LogP contribution in [0.2, 0.25) is 0 Å². The van der Waals surface area contributed by atoms with Crippen LogP contribution in [0.3, 0.4) is 0 Å². The maximum atomic E-state index is 12.4. The zero-order valence-electron chi connectivity index (χ0n) is 12.7. The first-order valence-corrected chi connectivity index (χ1v) is 7.48. The highest BCUT2D eigenvalue weighted by Gasteiger charge is 2.25. The van der Waals surface area contributed by atoms with Crippen molar-refractivity contribution < 1.29 is 9.53 Å². The molecular formula is C20H15NO2. The fourth-order valence-corrected chi connectivity index (χ4v) is 2.82. The highest BCUT2D eigenvalue weighted by Crippen LogP contribution is 2.43. The van der Waals surface area contributed by atoms with Crippen molar-refractivity contribution in [3.05, 3.63) is 84.3 Å². The summed E-state index contributed by atoms with van der Waals surface area (Å²) in [6, 6.07) is 21.4. The maximum absolute atomic E-state index is 12.4. The molecule has 0 spiro atoms. The second kappa shape index (κ2) is 5.29. The van der Waals surface area contributed by atoms with Gasteiger partial charge < -0.3 is 9.64 Å². The van der Waals surface area contributed by atoms with Gasteiger partial charge in [-0.2, -0.15) is 0 Å². The number of hydrogen-bond donors (Lipinski definition) is 0. The molecule has 1 aliphatic heterocycles. The second-order valence-electron chi connectivity index (χ2n) is 5.51. The zero-order chi connectivity index (χ0) is 15.8. The van der Waals surface area contributed by atoms with Crippen molar-refractivity contribution >= 4 is 22.2 Å². The summed E-state index contributed by atoms with van der Waals surface area (Å²) < 4.78 is 5.99. The third-order valence-corrected chi connectivity index (χ3v) is 4.07. The van der Waals surface area contributed by atoms with Gasteiger partial charge in [0.25, 0.3) is 0 Å². The maximum Gasteiger partial charge on any atom is 0.204 e. The predicted molar refractivity (Wildman–Crippen MR) is 91.8 cm³/mol. The lowest BCUT2D eigenvalue weighted by molar-refractivity contribution is 0.104. The Bertz CT molecular complexity index is 929. The Hall–Kier alpha value is -3.07. The van der Waals surface area contributed by atoms with Gasteiger partial charge in [-0.3, -0.25) is 4.79 Å². The molecule has 0 bridgehead atoms. The van der Waals surface area contributed by atoms with E-state index in [-0.39, 0.29) is 5.78 Å². The number of carbonyl (C=O) groups excluding carboxylic acids is 1. The minimum absolute atomic E-state index is 0.0652. The zero-order valence-corrected chi connectivity index (χ0v) is 12.7. The Morgan fingerprint density at radius 3 is 2.52 bits per heavy atom. The van der Waals surface area contributed by atoms with Crippen molar-refractivity contribution in [3.8, 4) is 5.75 Å². The van der Waals surface area contributed by atoms with Crippen LogP contribution in [-0.2, 0) is 0 Å². The SMILES string of the molecule is CN1C(=CC(=O)c2ccccc2)Oc2c1ccc1ccccc21. The van der Waals surface area contributed by atoms with E-state index in [0.717, 1.165) is 22.2 Å². The minimum Gasteiger partial charge on any atom is -0.438 e. The molecule has 0 radical (unpaired) electrons. The lowest BCUT2D eigenvalue weighted by atomic mass is 10.1. The number of rotatable bonds is 2. The molecular weight excluding hydrogens is 286 g/mol. The van der Waals surface area contributed by atoms with E-state index in [1.165, 1.54) is 0 Å². The minimum atomic E-state index is -0.0652. The van der Waals surface area contributed by atoms with Crippen molar-refractivity contribution in [2.45, 2.75) is 0 Å². The van der Waals surface area contributed by atoms with Gasteiger partial charge in [0.05, 0.1) is 5.69 Å². The van der Waals surface area contributed by atoms with Gasteiger partial charge in [-0.1, -0.05) is 60.7 Å². The molecule has 1 aliphatic rings. The third kappa shape index (κ3) is 2.27. The van der Waals surface area contributed by atoms with E-state index >= 15 is 0 Å². The van der Waals surface area contributed by atoms with E-state index in [1.54, 1.807) is 18.2 Å². The molecule has 3 heteroatoms. The molecule has 0 amide bonds. The Balaban J connectivity index is 1.74. The smallest absolute Gasteiger partial charge is 0.204 e. The summed E-state index contributed by atoms with van der Waals surface area (Å²) in [5, 5.41) is 2.17. The van der Waals surface area contributed by atoms with Crippen LogP contribution in [0.25, 0.3) is 10.8 Å². The fraction of sp³-hybridized carbons (Fsp3) is 0.0500. The van der Waals surface area contributed by atoms with Crippen LogP contribution < -0.4 is 9.64 Å². The van der Waals surface area contributed by atoms with E-state index in [0.29, 0.717) is 11.4 Å². The summed E-state index contributed by atoms with van der Waals surface area (Å²) in [4.78, 5) is 14.3. The number of fused-ring (bicyclic) bond motifs is 3. The van der Waals surface area contributed by atoms with Crippen molar-refractivity contribution in [1.29, 1.82) is 0 Å². The van der Waals surface area contributed by atoms with Crippen LogP contribution >= 0.6 is 0 Å². The molecule has 23 heavy (non-hydrogen) atoms. The Morgan fingerprint density at radius 1 is 0.957 bits per heavy atom. The number of allylic oxidation sites excluding steroid dienone is 1. The molecule has 112 valence electrons. The lowest BCUT2D eigenvalue weighted by Crippen LogP contribution is -2.15. The van der Waals surface area contributed by atoms with Gasteiger partial charge in [-0.05, 0) is 11.5 Å². The summed E-state index contributed by atoms with van der Waals surface area (Å²) in [5.41, 5.74) is 1.62. The van der Waals surface area contributed by atoms with Gasteiger partial charge in [0, 0.05) is 24.1 Å². The molecule has 0 saturated heterocycles. The molecule has 0 saturated carbocycles. The molecule has 0 fully saturated rings. The third-order valence-electron chi connectivity index (χ3n) is 4.07. The van der Waals surface area contributed by atoms with Gasteiger partial charge in [0.1, 0.15) is 0 Å². The molecule has 4 rings (SSSR count). The van der Waals surface area contributed by atoms with Gasteiger partial charge >= 0.3 is 0 Å². The predicted octanol–water partition coefficient (Wildman–Crippen LogP) is 4.39. The first-order chi connectivity index (χ1) is 11.2. The number of hydrogen-bond acceptors (Lipinski definition) is 3. The molecule has 3 aromatic rings. The number of ether oxygens (including phenoxy) is 1. The van der Waals surface area contributed by atoms with E-state index in [2.05, 4.69) is 12.1 Å². The topological polar surface area (TPSA) is 29.5 Å². The van der Waals surface area contributed by atoms with Crippen LogP contribution in [0.5, 0.6) is 5.75 Å². The first kappa shape index (κ1) is 13.6. The summed E-state index contributed by atoms with van der Waals surface area (Å²) in [6.45, 7) is 0. The van der Waals surface area contributed by atoms with Crippen molar-refractivity contribution in [1.82, 2.24) is 0 Å². The Labute approximate surface area is 134 Å². The summed E-state index contributed by atoms with van der Waals surface area (Å²) >= 11 is 0. The van der Waals surface area contributed by atoms with E-state index in [4.69, 9.17) is 4.74 Å². The quantitative estimate of drug-likeness (QED) is 0.519. The highest BCUT2D eigenvalue weighted by atomic mass is 16.5. The van der Waals surface area contributed by atoms with Gasteiger partial charge in [0.15, 0.2) is 11.5 Å². The molecule has 0 aliphatic carbocycles. The largest absolute Gasteiger partial charge is 0.438 e. The van der Waals surface area contributed by atoms with Crippen LogP contribution in [0.15, 0.2) is 78.7 Å². The summed E-state index contributed by atoms with van der Waals surface area (Å²) in [7, 11) is 1.91. The van der Waals surface area contributed by atoms with Crippen LogP contribution in [-0.4, -0.2) is 12.8 Å². The van der Waals surface area contributed by atoms with E-state index in [1.807, 2.05) is 54.4 Å². The number of ketones is 1. The molecule has 0 N–H and O–H groups in total. The average molecular weight is 301 g/mol. The van der Waals surface area contributed by atoms with Crippen molar-refractivity contribution in [2.75, 3.05) is 11.9 Å². The normalized spacial score (nSPS) is 14.8. The summed E-state index contributed by atoms with van der Waals surface area (Å²) in [6.07, 6.45) is 1.55. The lowest BCUT2D eigenvalue weighted by Gasteiger charge is -2.10. The molecule has 0 aromatic heterocycles. The standard InChI is InChI=1S/C20H15NO2/c1-21-17-12-11-14-7-5-6-10-16(14)20(17)23-19(21)13-18(22)15-8-3-2-4-9-15/h2-13H,1H3. The molecule has 1 heterocycles. The average Bonchev–Trinajstić information content (AvgIpc) is 2.92. The Kier molecular flexibility index (Phi) is 3.12. The molecule has 3 nitrogen and oxygen atoms in total. The monoisotopic (exact) mass is 301 g/mol. The summed E-state index contributed by atoms with van der Waals surface area (Å²) in [5.74, 6) is 1.28. The highest BCUT2D eigenvalue weighted by molar-refractivity contribution is 6.05. The van der Waals surface area contributed by atoms with Gasteiger partial charge in [-0.25, -0.2) is 0 Å². The van der Waals surface area contributed by atoms with Crippen molar-refractivity contribution in [2.24, 2.45) is 0 Å². The molecule has 0 unspecified atom stereocenters. The van der Waals surface area contributed by atoms with E-state index < -0.39 is 0 Å². The van der Waals surface area contributed by atoms with Crippen LogP contribution in [0.1, 0.15) is 10.4 Å². The van der Waals surface area contributed by atoms with Gasteiger partial charge in [-0.15, -0.1) is 0 Å². The van der Waals surface area contributed by atoms with Crippen molar-refractivity contribution in [3.63, 3.8) is 0 Å². The molecule has 3 aromatic carbocycles. The first-order valence-electron chi connectivity index (χ1n) is 7.48. The number of nitrogens with zero attached hydrogens (tertiary/aromatic N) is 1. The Morgan fingerprint density at radius 2 is 1.70 bits per heavy atom. The number of carbonyl (C=O) groups is 1. The second-order valence-corrected chi connectivity index (χ2v) is 5.51. The number of benzene rings is 3. The fourth-order valence-electron chi connectivity index (χ4n) is 2.82. The van der Waals surface area contributed by atoms with Crippen LogP contribution in [0, 0.1) is 0 Å². The number of anilines is 1. The van der Waals surface area contributed by atoms with Gasteiger partial charge in [0.2, 0.25) is 5.88 Å². The molecule has 0 atom stereocenters. The van der Waals surface area contributed by atoms with Crippen LogP contribution in [0.4, 0.5) is 5.69 Å². The van der Waals surface area contributed by atoms with E-state index in [9.17, 15) is 4.79 Å².